The number of aliphatic hydroxyl groups is 1. The van der Waals surface area contributed by atoms with Crippen LogP contribution in [0.4, 0.5) is 11.6 Å². The molecule has 1 aromatic heterocycles. The summed E-state index contributed by atoms with van der Waals surface area (Å²) < 4.78 is 6.18. The molecule has 3 rings (SSSR count). The standard InChI is InChI=1S/C18H20N6O5S2.K/c19-15(28)10-3-11(25)7-24(6-10)13-5-12(2-1-9(13)4-14(26)27)29-8-20-16-21-17(30)23-18(31)22-16;/h1-2,5-6,11,25H,3-4,7-8H2,(H2,19,28)(H,26,27)(H3,20,21,22,23,30,31);/q;+1/p-1. The molecule has 1 aliphatic heterocycles. The average Bonchev–Trinajstić information content (AvgIpc) is 2.67. The van der Waals surface area contributed by atoms with E-state index in [4.69, 9.17) is 34.9 Å². The first-order chi connectivity index (χ1) is 14.7. The molecule has 0 spiro atoms. The molecule has 0 aliphatic carbocycles. The number of nitrogens with two attached hydrogens (primary N) is 1. The van der Waals surface area contributed by atoms with E-state index in [-0.39, 0.29) is 87.8 Å². The molecule has 2 heterocycles. The molecule has 2 aromatic rings. The number of anilines is 2. The molecular formula is C18H19KN6O5S2. The second-order valence-electron chi connectivity index (χ2n) is 6.68. The third-order valence-electron chi connectivity index (χ3n) is 4.34. The van der Waals surface area contributed by atoms with Gasteiger partial charge in [-0.25, -0.2) is 0 Å². The van der Waals surface area contributed by atoms with Gasteiger partial charge in [0.2, 0.25) is 16.6 Å². The van der Waals surface area contributed by atoms with E-state index in [1.54, 1.807) is 23.1 Å². The first kappa shape index (κ1) is 26.6. The SMILES string of the molecule is NC(=O)C1=CN(c2cc(OCNc3nc(=S)[nH]c(=S)[nH]3)ccc2CC(=O)[O-])CC(O)C1.[K+]. The molecule has 1 aliphatic rings. The number of rotatable bonds is 8. The summed E-state index contributed by atoms with van der Waals surface area (Å²) in [6.45, 7) is 0.155. The maximum Gasteiger partial charge on any atom is 1.00 e. The second-order valence-corrected chi connectivity index (χ2v) is 7.47. The minimum atomic E-state index is -1.27. The number of ether oxygens (including phenoxy) is 1. The number of benzene rings is 1. The molecule has 0 fully saturated rings. The molecule has 1 aromatic carbocycles. The summed E-state index contributed by atoms with van der Waals surface area (Å²) in [7, 11) is 0. The molecule has 14 heteroatoms. The van der Waals surface area contributed by atoms with E-state index < -0.39 is 18.0 Å². The maximum absolute atomic E-state index is 11.6. The van der Waals surface area contributed by atoms with Crippen LogP contribution >= 0.6 is 24.4 Å². The van der Waals surface area contributed by atoms with Crippen LogP contribution < -0.4 is 77.2 Å². The molecule has 11 nitrogen and oxygen atoms in total. The second kappa shape index (κ2) is 12.0. The van der Waals surface area contributed by atoms with Crippen molar-refractivity contribution in [2.75, 3.05) is 23.5 Å². The van der Waals surface area contributed by atoms with E-state index in [9.17, 15) is 19.8 Å². The number of aliphatic hydroxyl groups excluding tert-OH is 1. The van der Waals surface area contributed by atoms with Gasteiger partial charge in [0.1, 0.15) is 5.75 Å². The Labute approximate surface area is 235 Å². The summed E-state index contributed by atoms with van der Waals surface area (Å²) in [5.41, 5.74) is 6.45. The summed E-state index contributed by atoms with van der Waals surface area (Å²) in [5.74, 6) is -1.21. The van der Waals surface area contributed by atoms with Crippen molar-refractivity contribution < 1.29 is 75.9 Å². The maximum atomic E-state index is 11.6. The molecule has 1 atom stereocenters. The Morgan fingerprint density at radius 2 is 2.12 bits per heavy atom. The summed E-state index contributed by atoms with van der Waals surface area (Å²) >= 11 is 9.95. The number of aromatic amines is 2. The van der Waals surface area contributed by atoms with Crippen LogP contribution in [0.3, 0.4) is 0 Å². The quantitative estimate of drug-likeness (QED) is 0.141. The van der Waals surface area contributed by atoms with E-state index in [0.29, 0.717) is 27.7 Å². The summed E-state index contributed by atoms with van der Waals surface area (Å²) in [5, 5.41) is 24.2. The average molecular weight is 503 g/mol. The fourth-order valence-corrected chi connectivity index (χ4v) is 3.49. The van der Waals surface area contributed by atoms with Crippen LogP contribution in [-0.4, -0.2) is 51.3 Å². The topological polar surface area (TPSA) is 172 Å². The normalized spacial score (nSPS) is 15.3. The first-order valence-electron chi connectivity index (χ1n) is 9.06. The van der Waals surface area contributed by atoms with Gasteiger partial charge < -0.3 is 45.7 Å². The van der Waals surface area contributed by atoms with Gasteiger partial charge >= 0.3 is 51.4 Å². The molecule has 0 bridgehead atoms. The number of nitrogens with zero attached hydrogens (tertiary/aromatic N) is 2. The molecular weight excluding hydrogens is 483 g/mol. The third kappa shape index (κ3) is 7.45. The van der Waals surface area contributed by atoms with Crippen LogP contribution in [-0.2, 0) is 16.0 Å². The Morgan fingerprint density at radius 3 is 2.78 bits per heavy atom. The zero-order chi connectivity index (χ0) is 22.5. The van der Waals surface area contributed by atoms with Gasteiger partial charge in [0.25, 0.3) is 0 Å². The van der Waals surface area contributed by atoms with Gasteiger partial charge in [-0.15, -0.1) is 0 Å². The van der Waals surface area contributed by atoms with Crippen molar-refractivity contribution in [2.24, 2.45) is 5.73 Å². The van der Waals surface area contributed by atoms with Crippen molar-refractivity contribution >= 4 is 47.9 Å². The van der Waals surface area contributed by atoms with Gasteiger partial charge in [-0.2, -0.15) is 4.98 Å². The number of hydrogen-bond acceptors (Lipinski definition) is 10. The zero-order valence-electron chi connectivity index (χ0n) is 17.1. The van der Waals surface area contributed by atoms with E-state index in [1.807, 2.05) is 0 Å². The van der Waals surface area contributed by atoms with Crippen molar-refractivity contribution in [2.45, 2.75) is 18.9 Å². The summed E-state index contributed by atoms with van der Waals surface area (Å²) in [6, 6.07) is 4.76. The number of H-pyrrole nitrogens is 2. The predicted molar refractivity (Wildman–Crippen MR) is 114 cm³/mol. The number of carboxylic acids is 1. The molecule has 1 amide bonds. The van der Waals surface area contributed by atoms with Crippen molar-refractivity contribution in [1.29, 1.82) is 0 Å². The van der Waals surface area contributed by atoms with Crippen molar-refractivity contribution in [3.63, 3.8) is 0 Å². The van der Waals surface area contributed by atoms with Crippen LogP contribution in [0.2, 0.25) is 0 Å². The monoisotopic (exact) mass is 502 g/mol. The minimum Gasteiger partial charge on any atom is -0.550 e. The molecule has 6 N–H and O–H groups in total. The fourth-order valence-electron chi connectivity index (χ4n) is 3.04. The van der Waals surface area contributed by atoms with Crippen molar-refractivity contribution in [3.8, 4) is 5.75 Å². The van der Waals surface area contributed by atoms with Crippen LogP contribution in [0, 0.1) is 9.54 Å². The Balaban J connectivity index is 0.00000363. The number of β-amino-alcohol motifs (C(OH)–C–C–N with tert-alkyl or cyclic N) is 1. The number of hydrogen-bond donors (Lipinski definition) is 5. The van der Waals surface area contributed by atoms with Gasteiger partial charge in [0.05, 0.1) is 6.10 Å². The molecule has 0 radical (unpaired) electrons. The van der Waals surface area contributed by atoms with Crippen LogP contribution in [0.15, 0.2) is 30.0 Å². The molecule has 32 heavy (non-hydrogen) atoms. The number of amides is 1. The van der Waals surface area contributed by atoms with Crippen LogP contribution in [0.1, 0.15) is 12.0 Å². The minimum absolute atomic E-state index is 0. The Bertz CT molecular complexity index is 1120. The van der Waals surface area contributed by atoms with Gasteiger partial charge in [0, 0.05) is 48.9 Å². The Morgan fingerprint density at radius 1 is 1.38 bits per heavy atom. The van der Waals surface area contributed by atoms with E-state index in [1.165, 1.54) is 6.20 Å². The number of aliphatic carboxylic acids is 1. The molecule has 0 saturated heterocycles. The number of carbonyl (C=O) groups is 2. The van der Waals surface area contributed by atoms with E-state index in [0.717, 1.165) is 0 Å². The fraction of sp³-hybridized carbons (Fsp3) is 0.278. The Kier molecular flexibility index (Phi) is 9.97. The Hall–Kier alpha value is -1.65. The summed E-state index contributed by atoms with van der Waals surface area (Å²) in [6.07, 6.45) is 0.421. The number of nitrogens with one attached hydrogen (secondary N) is 3. The smallest absolute Gasteiger partial charge is 0.550 e. The zero-order valence-corrected chi connectivity index (χ0v) is 21.8. The van der Waals surface area contributed by atoms with Gasteiger partial charge in [0.15, 0.2) is 11.5 Å². The molecule has 1 unspecified atom stereocenters. The predicted octanol–water partition coefficient (Wildman–Crippen LogP) is -3.12. The van der Waals surface area contributed by atoms with Crippen LogP contribution in [0.5, 0.6) is 5.75 Å². The van der Waals surface area contributed by atoms with Gasteiger partial charge in [-0.1, -0.05) is 6.07 Å². The largest absolute Gasteiger partial charge is 1.00 e. The number of carbonyl (C=O) groups excluding carboxylic acids is 2. The van der Waals surface area contributed by atoms with Crippen molar-refractivity contribution in [3.05, 3.63) is 45.1 Å². The van der Waals surface area contributed by atoms with E-state index in [2.05, 4.69) is 20.3 Å². The number of carboxylic acid groups (broad SMARTS) is 1. The van der Waals surface area contributed by atoms with Crippen molar-refractivity contribution in [1.82, 2.24) is 15.0 Å². The number of aromatic nitrogens is 3. The molecule has 164 valence electrons. The first-order valence-corrected chi connectivity index (χ1v) is 9.88. The summed E-state index contributed by atoms with van der Waals surface area (Å²) in [4.78, 5) is 33.8. The molecule has 0 saturated carbocycles. The number of primary amides is 1. The third-order valence-corrected chi connectivity index (χ3v) is 4.73. The van der Waals surface area contributed by atoms with Crippen LogP contribution in [0.25, 0.3) is 0 Å². The van der Waals surface area contributed by atoms with E-state index >= 15 is 0 Å². The van der Waals surface area contributed by atoms with Gasteiger partial charge in [-0.05, 0) is 36.1 Å². The van der Waals surface area contributed by atoms with Gasteiger partial charge in [-0.3, -0.25) is 4.79 Å².